The van der Waals surface area contributed by atoms with E-state index < -0.39 is 5.97 Å². The molecule has 2 aromatic carbocycles. The van der Waals surface area contributed by atoms with E-state index in [9.17, 15) is 9.59 Å². The van der Waals surface area contributed by atoms with Gasteiger partial charge in [0.15, 0.2) is 6.61 Å². The molecule has 1 atom stereocenters. The van der Waals surface area contributed by atoms with E-state index in [4.69, 9.17) is 9.47 Å². The average Bonchev–Trinajstić information content (AvgIpc) is 2.66. The summed E-state index contributed by atoms with van der Waals surface area (Å²) in [6, 6.07) is 14.4. The molecule has 25 heavy (non-hydrogen) atoms. The standard InChI is InChI=1S/C19H19NO5/c1-23-18(21)12-25-14-8-6-13(7-9-14)20-19(22)16-10-11-24-17-5-3-2-4-15(16)17/h2-9,16H,10-12H2,1H3,(H,20,22). The maximum absolute atomic E-state index is 12.6. The fraction of sp³-hybridized carbons (Fsp3) is 0.263. The monoisotopic (exact) mass is 341 g/mol. The lowest BCUT2D eigenvalue weighted by Gasteiger charge is -2.25. The number of hydrogen-bond acceptors (Lipinski definition) is 5. The van der Waals surface area contributed by atoms with Gasteiger partial charge in [0.1, 0.15) is 11.5 Å². The smallest absolute Gasteiger partial charge is 0.343 e. The third-order valence-corrected chi connectivity index (χ3v) is 3.98. The average molecular weight is 341 g/mol. The van der Waals surface area contributed by atoms with Gasteiger partial charge >= 0.3 is 5.97 Å². The Morgan fingerprint density at radius 1 is 1.16 bits per heavy atom. The Labute approximate surface area is 145 Å². The highest BCUT2D eigenvalue weighted by Crippen LogP contribution is 2.34. The first-order valence-electron chi connectivity index (χ1n) is 7.99. The van der Waals surface area contributed by atoms with Crippen molar-refractivity contribution in [2.75, 3.05) is 25.6 Å². The molecule has 1 unspecified atom stereocenters. The van der Waals surface area contributed by atoms with Crippen LogP contribution in [0.3, 0.4) is 0 Å². The molecule has 0 saturated carbocycles. The van der Waals surface area contributed by atoms with Gasteiger partial charge in [-0.3, -0.25) is 4.79 Å². The van der Waals surface area contributed by atoms with Gasteiger partial charge < -0.3 is 19.5 Å². The lowest BCUT2D eigenvalue weighted by Crippen LogP contribution is -2.26. The molecule has 0 bridgehead atoms. The second kappa shape index (κ2) is 7.70. The van der Waals surface area contributed by atoms with Gasteiger partial charge in [-0.25, -0.2) is 4.79 Å². The number of carbonyl (C=O) groups is 2. The van der Waals surface area contributed by atoms with Crippen molar-refractivity contribution in [3.05, 3.63) is 54.1 Å². The fourth-order valence-electron chi connectivity index (χ4n) is 2.68. The Hall–Kier alpha value is -3.02. The van der Waals surface area contributed by atoms with Crippen molar-refractivity contribution in [2.45, 2.75) is 12.3 Å². The van der Waals surface area contributed by atoms with E-state index in [0.29, 0.717) is 24.5 Å². The van der Waals surface area contributed by atoms with Gasteiger partial charge in [-0.2, -0.15) is 0 Å². The number of carbonyl (C=O) groups excluding carboxylic acids is 2. The zero-order chi connectivity index (χ0) is 17.6. The molecule has 1 aliphatic rings. The van der Waals surface area contributed by atoms with E-state index in [0.717, 1.165) is 11.3 Å². The molecule has 0 spiro atoms. The number of anilines is 1. The molecule has 1 aliphatic heterocycles. The third kappa shape index (κ3) is 4.09. The minimum atomic E-state index is -0.449. The molecule has 6 nitrogen and oxygen atoms in total. The van der Waals surface area contributed by atoms with E-state index >= 15 is 0 Å². The van der Waals surface area contributed by atoms with Crippen molar-refractivity contribution >= 4 is 17.6 Å². The minimum absolute atomic E-state index is 0.0704. The summed E-state index contributed by atoms with van der Waals surface area (Å²) in [5.41, 5.74) is 1.57. The number of methoxy groups -OCH3 is 1. The predicted octanol–water partition coefficient (Wildman–Crippen LogP) is 2.74. The molecule has 1 N–H and O–H groups in total. The number of benzene rings is 2. The van der Waals surface area contributed by atoms with Crippen molar-refractivity contribution < 1.29 is 23.8 Å². The van der Waals surface area contributed by atoms with Crippen molar-refractivity contribution in [1.82, 2.24) is 0 Å². The molecule has 0 aromatic heterocycles. The van der Waals surface area contributed by atoms with Gasteiger partial charge in [0.2, 0.25) is 5.91 Å². The number of amides is 1. The molecule has 1 heterocycles. The second-order valence-corrected chi connectivity index (χ2v) is 5.61. The highest BCUT2D eigenvalue weighted by molar-refractivity contribution is 5.96. The quantitative estimate of drug-likeness (QED) is 0.847. The van der Waals surface area contributed by atoms with Crippen molar-refractivity contribution in [3.8, 4) is 11.5 Å². The molecule has 1 amide bonds. The highest BCUT2D eigenvalue weighted by atomic mass is 16.6. The minimum Gasteiger partial charge on any atom is -0.493 e. The van der Waals surface area contributed by atoms with Gasteiger partial charge in [-0.05, 0) is 36.8 Å². The van der Waals surface area contributed by atoms with E-state index in [1.54, 1.807) is 24.3 Å². The molecule has 130 valence electrons. The van der Waals surface area contributed by atoms with Crippen LogP contribution in [-0.4, -0.2) is 32.2 Å². The molecule has 2 aromatic rings. The Morgan fingerprint density at radius 2 is 1.92 bits per heavy atom. The molecule has 0 aliphatic carbocycles. The maximum atomic E-state index is 12.6. The summed E-state index contributed by atoms with van der Waals surface area (Å²) in [6.07, 6.45) is 0.642. The van der Waals surface area contributed by atoms with Crippen LogP contribution in [0.1, 0.15) is 17.9 Å². The predicted molar refractivity (Wildman–Crippen MR) is 91.9 cm³/mol. The van der Waals surface area contributed by atoms with E-state index in [1.807, 2.05) is 24.3 Å². The largest absolute Gasteiger partial charge is 0.493 e. The van der Waals surface area contributed by atoms with Gasteiger partial charge in [0.25, 0.3) is 0 Å². The Morgan fingerprint density at radius 3 is 2.68 bits per heavy atom. The van der Waals surface area contributed by atoms with E-state index in [1.165, 1.54) is 7.11 Å². The Bertz CT molecular complexity index is 757. The molecule has 6 heteroatoms. The third-order valence-electron chi connectivity index (χ3n) is 3.98. The van der Waals surface area contributed by atoms with E-state index in [2.05, 4.69) is 10.1 Å². The summed E-state index contributed by atoms with van der Waals surface area (Å²) in [6.45, 7) is 0.371. The number of hydrogen-bond donors (Lipinski definition) is 1. The van der Waals surface area contributed by atoms with Crippen molar-refractivity contribution in [3.63, 3.8) is 0 Å². The maximum Gasteiger partial charge on any atom is 0.343 e. The fourth-order valence-corrected chi connectivity index (χ4v) is 2.68. The molecule has 0 fully saturated rings. The topological polar surface area (TPSA) is 73.9 Å². The van der Waals surface area contributed by atoms with Gasteiger partial charge in [0, 0.05) is 11.3 Å². The van der Waals surface area contributed by atoms with Crippen LogP contribution >= 0.6 is 0 Å². The highest BCUT2D eigenvalue weighted by Gasteiger charge is 2.27. The Balaban J connectivity index is 1.63. The van der Waals surface area contributed by atoms with Crippen LogP contribution in [0.2, 0.25) is 0 Å². The molecule has 0 saturated heterocycles. The number of fused-ring (bicyclic) bond motifs is 1. The summed E-state index contributed by atoms with van der Waals surface area (Å²) in [5, 5.41) is 2.91. The molecular weight excluding hydrogens is 322 g/mol. The number of esters is 1. The molecular formula is C19H19NO5. The van der Waals surface area contributed by atoms with Crippen LogP contribution in [0.25, 0.3) is 0 Å². The summed E-state index contributed by atoms with van der Waals surface area (Å²) >= 11 is 0. The van der Waals surface area contributed by atoms with Crippen LogP contribution in [0.15, 0.2) is 48.5 Å². The number of rotatable bonds is 5. The van der Waals surface area contributed by atoms with Gasteiger partial charge in [0.05, 0.1) is 19.6 Å². The summed E-state index contributed by atoms with van der Waals surface area (Å²) in [4.78, 5) is 23.7. The van der Waals surface area contributed by atoms with Crippen LogP contribution < -0.4 is 14.8 Å². The van der Waals surface area contributed by atoms with Crippen molar-refractivity contribution in [1.29, 1.82) is 0 Å². The number of para-hydroxylation sites is 1. The SMILES string of the molecule is COC(=O)COc1ccc(NC(=O)C2CCOc3ccccc32)cc1. The zero-order valence-electron chi connectivity index (χ0n) is 13.9. The number of ether oxygens (including phenoxy) is 3. The van der Waals surface area contributed by atoms with Gasteiger partial charge in [-0.1, -0.05) is 18.2 Å². The second-order valence-electron chi connectivity index (χ2n) is 5.61. The lowest BCUT2D eigenvalue weighted by atomic mass is 9.92. The Kier molecular flexibility index (Phi) is 5.18. The first kappa shape index (κ1) is 16.8. The van der Waals surface area contributed by atoms with Crippen LogP contribution in [-0.2, 0) is 14.3 Å². The van der Waals surface area contributed by atoms with Gasteiger partial charge in [-0.15, -0.1) is 0 Å². The molecule has 3 rings (SSSR count). The first-order valence-corrected chi connectivity index (χ1v) is 7.99. The first-order chi connectivity index (χ1) is 12.2. The van der Waals surface area contributed by atoms with Crippen molar-refractivity contribution in [2.24, 2.45) is 0 Å². The van der Waals surface area contributed by atoms with E-state index in [-0.39, 0.29) is 18.4 Å². The van der Waals surface area contributed by atoms with Crippen LogP contribution in [0.4, 0.5) is 5.69 Å². The lowest BCUT2D eigenvalue weighted by molar-refractivity contribution is -0.142. The van der Waals surface area contributed by atoms with Crippen LogP contribution in [0, 0.1) is 0 Å². The summed E-state index contributed by atoms with van der Waals surface area (Å²) < 4.78 is 15.4. The number of nitrogens with one attached hydrogen (secondary N) is 1. The normalized spacial score (nSPS) is 15.5. The zero-order valence-corrected chi connectivity index (χ0v) is 13.9. The molecule has 0 radical (unpaired) electrons. The summed E-state index contributed by atoms with van der Waals surface area (Å²) in [5.74, 6) is 0.537. The van der Waals surface area contributed by atoms with Crippen LogP contribution in [0.5, 0.6) is 11.5 Å². The summed E-state index contributed by atoms with van der Waals surface area (Å²) in [7, 11) is 1.30.